The van der Waals surface area contributed by atoms with Crippen molar-refractivity contribution in [1.29, 1.82) is 0 Å². The van der Waals surface area contributed by atoms with Crippen LogP contribution >= 0.6 is 12.4 Å². The van der Waals surface area contributed by atoms with E-state index in [9.17, 15) is 0 Å². The maximum absolute atomic E-state index is 5.75. The van der Waals surface area contributed by atoms with Gasteiger partial charge in [0.15, 0.2) is 0 Å². The lowest BCUT2D eigenvalue weighted by atomic mass is 9.99. The molecule has 1 aromatic rings. The molecule has 1 saturated heterocycles. The summed E-state index contributed by atoms with van der Waals surface area (Å²) in [4.78, 5) is 0. The maximum atomic E-state index is 5.75. The van der Waals surface area contributed by atoms with E-state index in [4.69, 9.17) is 4.74 Å². The number of piperidine rings is 1. The van der Waals surface area contributed by atoms with Gasteiger partial charge in [0.2, 0.25) is 0 Å². The number of hydrogen-bond acceptors (Lipinski definition) is 2. The Morgan fingerprint density at radius 2 is 1.82 bits per heavy atom. The molecule has 0 bridgehead atoms. The smallest absolute Gasteiger partial charge is 0.0506 e. The van der Waals surface area contributed by atoms with Crippen LogP contribution in [0.3, 0.4) is 0 Å². The van der Waals surface area contributed by atoms with Gasteiger partial charge in [-0.2, -0.15) is 0 Å². The molecule has 2 rings (SSSR count). The van der Waals surface area contributed by atoms with Crippen molar-refractivity contribution < 1.29 is 4.74 Å². The van der Waals surface area contributed by atoms with Gasteiger partial charge in [-0.1, -0.05) is 30.3 Å². The highest BCUT2D eigenvalue weighted by Crippen LogP contribution is 2.11. The van der Waals surface area contributed by atoms with E-state index in [-0.39, 0.29) is 12.4 Å². The predicted molar refractivity (Wildman–Crippen MR) is 73.8 cm³/mol. The van der Waals surface area contributed by atoms with Crippen molar-refractivity contribution in [3.63, 3.8) is 0 Å². The van der Waals surface area contributed by atoms with Crippen LogP contribution in [-0.4, -0.2) is 26.3 Å². The number of rotatable bonds is 5. The molecule has 1 N–H and O–H groups in total. The first-order chi connectivity index (χ1) is 7.95. The highest BCUT2D eigenvalue weighted by atomic mass is 35.5. The first kappa shape index (κ1) is 14.5. The molecule has 0 aromatic heterocycles. The van der Waals surface area contributed by atoms with Gasteiger partial charge in [0.05, 0.1) is 6.61 Å². The highest BCUT2D eigenvalue weighted by molar-refractivity contribution is 5.85. The Labute approximate surface area is 110 Å². The minimum Gasteiger partial charge on any atom is -0.381 e. The summed E-state index contributed by atoms with van der Waals surface area (Å²) < 4.78 is 5.75. The van der Waals surface area contributed by atoms with E-state index in [1.807, 2.05) is 0 Å². The zero-order valence-electron chi connectivity index (χ0n) is 10.2. The summed E-state index contributed by atoms with van der Waals surface area (Å²) >= 11 is 0. The third kappa shape index (κ3) is 5.53. The molecular weight excluding hydrogens is 234 g/mol. The van der Waals surface area contributed by atoms with E-state index in [0.717, 1.165) is 38.6 Å². The maximum Gasteiger partial charge on any atom is 0.0506 e. The standard InChI is InChI=1S/C14H21NO.ClH/c1-2-4-13(5-3-1)8-11-16-12-14-6-9-15-10-7-14;/h1-5,14-15H,6-12H2;1H. The lowest BCUT2D eigenvalue weighted by Crippen LogP contribution is -2.30. The second-order valence-electron chi connectivity index (χ2n) is 4.50. The third-order valence-corrected chi connectivity index (χ3v) is 3.19. The van der Waals surface area contributed by atoms with E-state index >= 15 is 0 Å². The number of hydrogen-bond donors (Lipinski definition) is 1. The fourth-order valence-corrected chi connectivity index (χ4v) is 2.13. The SMILES string of the molecule is Cl.c1ccc(CCOCC2CCNCC2)cc1. The lowest BCUT2D eigenvalue weighted by molar-refractivity contribution is 0.0901. The Morgan fingerprint density at radius 3 is 2.53 bits per heavy atom. The molecule has 0 aliphatic carbocycles. The molecule has 1 heterocycles. The molecule has 0 saturated carbocycles. The molecule has 0 spiro atoms. The van der Waals surface area contributed by atoms with Crippen LogP contribution in [0.5, 0.6) is 0 Å². The van der Waals surface area contributed by atoms with Gasteiger partial charge in [0, 0.05) is 6.61 Å². The zero-order chi connectivity index (χ0) is 11.1. The second-order valence-corrected chi connectivity index (χ2v) is 4.50. The molecule has 3 heteroatoms. The van der Waals surface area contributed by atoms with Gasteiger partial charge < -0.3 is 10.1 Å². The van der Waals surface area contributed by atoms with Crippen LogP contribution in [-0.2, 0) is 11.2 Å². The van der Waals surface area contributed by atoms with Crippen LogP contribution < -0.4 is 5.32 Å². The largest absolute Gasteiger partial charge is 0.381 e. The monoisotopic (exact) mass is 255 g/mol. The molecule has 96 valence electrons. The summed E-state index contributed by atoms with van der Waals surface area (Å²) in [7, 11) is 0. The third-order valence-electron chi connectivity index (χ3n) is 3.19. The van der Waals surface area contributed by atoms with Gasteiger partial charge in [-0.3, -0.25) is 0 Å². The van der Waals surface area contributed by atoms with E-state index in [1.54, 1.807) is 0 Å². The molecule has 0 unspecified atom stereocenters. The topological polar surface area (TPSA) is 21.3 Å². The van der Waals surface area contributed by atoms with Gasteiger partial charge in [0.1, 0.15) is 0 Å². The van der Waals surface area contributed by atoms with Crippen LogP contribution in [0, 0.1) is 5.92 Å². The first-order valence-electron chi connectivity index (χ1n) is 6.27. The molecule has 0 amide bonds. The minimum absolute atomic E-state index is 0. The Bertz CT molecular complexity index is 286. The average Bonchev–Trinajstić information content (AvgIpc) is 2.37. The summed E-state index contributed by atoms with van der Waals surface area (Å²) in [6, 6.07) is 10.5. The molecule has 1 aliphatic rings. The van der Waals surface area contributed by atoms with E-state index < -0.39 is 0 Å². The Morgan fingerprint density at radius 1 is 1.12 bits per heavy atom. The molecule has 1 fully saturated rings. The van der Waals surface area contributed by atoms with E-state index in [1.165, 1.54) is 18.4 Å². The quantitative estimate of drug-likeness (QED) is 0.817. The summed E-state index contributed by atoms with van der Waals surface area (Å²) in [6.07, 6.45) is 3.57. The summed E-state index contributed by atoms with van der Waals surface area (Å²) in [5, 5.41) is 3.38. The second kappa shape index (κ2) is 8.51. The van der Waals surface area contributed by atoms with Crippen LogP contribution in [0.1, 0.15) is 18.4 Å². The molecule has 1 aromatic carbocycles. The molecule has 2 nitrogen and oxygen atoms in total. The van der Waals surface area contributed by atoms with Gasteiger partial charge in [-0.15, -0.1) is 12.4 Å². The van der Waals surface area contributed by atoms with Gasteiger partial charge in [-0.25, -0.2) is 0 Å². The van der Waals surface area contributed by atoms with Crippen molar-refractivity contribution in [2.45, 2.75) is 19.3 Å². The number of benzene rings is 1. The van der Waals surface area contributed by atoms with Gasteiger partial charge >= 0.3 is 0 Å². The normalized spacial score (nSPS) is 16.5. The van der Waals surface area contributed by atoms with Crippen LogP contribution in [0.2, 0.25) is 0 Å². The predicted octanol–water partition coefficient (Wildman–Crippen LogP) is 2.67. The Balaban J connectivity index is 0.00000144. The Hall–Kier alpha value is -0.570. The van der Waals surface area contributed by atoms with Crippen molar-refractivity contribution >= 4 is 12.4 Å². The summed E-state index contributed by atoms with van der Waals surface area (Å²) in [5.41, 5.74) is 1.37. The molecule has 0 atom stereocenters. The fourth-order valence-electron chi connectivity index (χ4n) is 2.13. The van der Waals surface area contributed by atoms with E-state index in [0.29, 0.717) is 0 Å². The molecule has 0 radical (unpaired) electrons. The van der Waals surface area contributed by atoms with E-state index in [2.05, 4.69) is 35.6 Å². The summed E-state index contributed by atoms with van der Waals surface area (Å²) in [5.74, 6) is 0.775. The average molecular weight is 256 g/mol. The lowest BCUT2D eigenvalue weighted by Gasteiger charge is -2.22. The van der Waals surface area contributed by atoms with Gasteiger partial charge in [0.25, 0.3) is 0 Å². The zero-order valence-corrected chi connectivity index (χ0v) is 11.0. The van der Waals surface area contributed by atoms with Crippen LogP contribution in [0.25, 0.3) is 0 Å². The molecule has 1 aliphatic heterocycles. The van der Waals surface area contributed by atoms with Crippen molar-refractivity contribution in [1.82, 2.24) is 5.32 Å². The van der Waals surface area contributed by atoms with Crippen LogP contribution in [0.15, 0.2) is 30.3 Å². The first-order valence-corrected chi connectivity index (χ1v) is 6.27. The van der Waals surface area contributed by atoms with Crippen molar-refractivity contribution in [2.24, 2.45) is 5.92 Å². The van der Waals surface area contributed by atoms with Crippen LogP contribution in [0.4, 0.5) is 0 Å². The van der Waals surface area contributed by atoms with Crippen molar-refractivity contribution in [2.75, 3.05) is 26.3 Å². The number of halogens is 1. The highest BCUT2D eigenvalue weighted by Gasteiger charge is 2.12. The van der Waals surface area contributed by atoms with Gasteiger partial charge in [-0.05, 0) is 43.8 Å². The minimum atomic E-state index is 0. The molecule has 17 heavy (non-hydrogen) atoms. The summed E-state index contributed by atoms with van der Waals surface area (Å²) in [6.45, 7) is 4.11. The van der Waals surface area contributed by atoms with Crippen molar-refractivity contribution in [3.05, 3.63) is 35.9 Å². The Kier molecular flexibility index (Phi) is 7.25. The molecular formula is C14H22ClNO. The fraction of sp³-hybridized carbons (Fsp3) is 0.571. The number of ether oxygens (including phenoxy) is 1. The number of nitrogens with one attached hydrogen (secondary N) is 1. The van der Waals surface area contributed by atoms with Crippen molar-refractivity contribution in [3.8, 4) is 0 Å².